The highest BCUT2D eigenvalue weighted by molar-refractivity contribution is 7.04. The number of rotatable bonds is 4. The SMILES string of the molecule is COc1ccc(Cl)cc1C(=O)N=c1sn(C(C)(C)C)cc1Cc1ccccc1. The predicted octanol–water partition coefficient (Wildman–Crippen LogP) is 5.30. The molecule has 3 aromatic rings. The van der Waals surface area contributed by atoms with E-state index in [0.717, 1.165) is 5.56 Å². The van der Waals surface area contributed by atoms with Crippen LogP contribution < -0.4 is 9.41 Å². The van der Waals surface area contributed by atoms with Crippen LogP contribution in [0.3, 0.4) is 0 Å². The van der Waals surface area contributed by atoms with Crippen molar-refractivity contribution in [2.75, 3.05) is 7.11 Å². The molecule has 4 nitrogen and oxygen atoms in total. The monoisotopic (exact) mass is 414 g/mol. The molecule has 0 atom stereocenters. The van der Waals surface area contributed by atoms with Gasteiger partial charge in [0.05, 0.1) is 12.7 Å². The van der Waals surface area contributed by atoms with Gasteiger partial charge in [0, 0.05) is 28.7 Å². The first-order valence-electron chi connectivity index (χ1n) is 8.97. The van der Waals surface area contributed by atoms with Crippen LogP contribution in [-0.4, -0.2) is 17.0 Å². The van der Waals surface area contributed by atoms with Crippen LogP contribution in [0.15, 0.2) is 59.7 Å². The summed E-state index contributed by atoms with van der Waals surface area (Å²) < 4.78 is 8.13. The standard InChI is InChI=1S/C22H23ClN2O2S/c1-22(2,3)25-14-16(12-15-8-6-5-7-9-15)21(28-25)24-20(26)18-13-17(23)10-11-19(18)27-4/h5-11,13-14H,12H2,1-4H3. The van der Waals surface area contributed by atoms with Crippen molar-refractivity contribution in [3.63, 3.8) is 0 Å². The summed E-state index contributed by atoms with van der Waals surface area (Å²) in [7, 11) is 1.53. The van der Waals surface area contributed by atoms with Gasteiger partial charge in [0.2, 0.25) is 0 Å². The predicted molar refractivity (Wildman–Crippen MR) is 114 cm³/mol. The van der Waals surface area contributed by atoms with E-state index in [0.29, 0.717) is 27.4 Å². The number of aromatic nitrogens is 1. The molecule has 2 aromatic carbocycles. The minimum absolute atomic E-state index is 0.0966. The molecule has 0 unspecified atom stereocenters. The number of halogens is 1. The van der Waals surface area contributed by atoms with Crippen molar-refractivity contribution in [2.45, 2.75) is 32.7 Å². The number of methoxy groups -OCH3 is 1. The van der Waals surface area contributed by atoms with Crippen molar-refractivity contribution in [1.82, 2.24) is 3.96 Å². The molecule has 0 saturated heterocycles. The summed E-state index contributed by atoms with van der Waals surface area (Å²) in [6.45, 7) is 6.38. The fourth-order valence-corrected chi connectivity index (χ4v) is 3.91. The number of amides is 1. The van der Waals surface area contributed by atoms with Crippen molar-refractivity contribution in [1.29, 1.82) is 0 Å². The topological polar surface area (TPSA) is 43.6 Å². The Kier molecular flexibility index (Phi) is 6.06. The maximum atomic E-state index is 12.9. The normalized spacial score (nSPS) is 12.2. The molecule has 0 spiro atoms. The zero-order valence-corrected chi connectivity index (χ0v) is 18.0. The average molecular weight is 415 g/mol. The summed E-state index contributed by atoms with van der Waals surface area (Å²) in [4.78, 5) is 17.3. The number of carbonyl (C=O) groups excluding carboxylic acids is 1. The molecule has 0 aliphatic carbocycles. The largest absolute Gasteiger partial charge is 0.496 e. The molecule has 0 aliphatic rings. The van der Waals surface area contributed by atoms with E-state index in [9.17, 15) is 4.79 Å². The van der Waals surface area contributed by atoms with Gasteiger partial charge in [-0.2, -0.15) is 4.99 Å². The van der Waals surface area contributed by atoms with E-state index in [1.54, 1.807) is 18.2 Å². The summed E-state index contributed by atoms with van der Waals surface area (Å²) in [6, 6.07) is 15.1. The lowest BCUT2D eigenvalue weighted by atomic mass is 10.1. The first kappa shape index (κ1) is 20.4. The van der Waals surface area contributed by atoms with Crippen molar-refractivity contribution in [3.05, 3.63) is 81.1 Å². The lowest BCUT2D eigenvalue weighted by Gasteiger charge is -2.19. The lowest BCUT2D eigenvalue weighted by Crippen LogP contribution is -2.18. The molecule has 0 saturated carbocycles. The second-order valence-electron chi connectivity index (χ2n) is 7.47. The van der Waals surface area contributed by atoms with Gasteiger partial charge in [0.15, 0.2) is 0 Å². The third-order valence-corrected chi connectivity index (χ3v) is 5.84. The third kappa shape index (κ3) is 4.72. The molecule has 0 aliphatic heterocycles. The van der Waals surface area contributed by atoms with Crippen LogP contribution in [0, 0.1) is 0 Å². The molecule has 0 N–H and O–H groups in total. The third-order valence-electron chi connectivity index (χ3n) is 4.23. The average Bonchev–Trinajstić information content (AvgIpc) is 3.05. The van der Waals surface area contributed by atoms with E-state index in [1.165, 1.54) is 24.2 Å². The van der Waals surface area contributed by atoms with Crippen LogP contribution in [0.25, 0.3) is 0 Å². The fourth-order valence-electron chi connectivity index (χ4n) is 2.73. The van der Waals surface area contributed by atoms with Gasteiger partial charge in [-0.15, -0.1) is 0 Å². The van der Waals surface area contributed by atoms with Gasteiger partial charge >= 0.3 is 0 Å². The molecule has 28 heavy (non-hydrogen) atoms. The Balaban J connectivity index is 2.08. The molecular weight excluding hydrogens is 392 g/mol. The molecule has 1 amide bonds. The Morgan fingerprint density at radius 3 is 2.54 bits per heavy atom. The number of hydrogen-bond donors (Lipinski definition) is 0. The Labute approximate surface area is 174 Å². The number of carbonyl (C=O) groups is 1. The van der Waals surface area contributed by atoms with E-state index < -0.39 is 0 Å². The summed E-state index contributed by atoms with van der Waals surface area (Å²) >= 11 is 7.55. The van der Waals surface area contributed by atoms with Gasteiger partial charge in [0.1, 0.15) is 10.4 Å². The molecule has 3 rings (SSSR count). The Hall–Kier alpha value is -2.37. The number of benzene rings is 2. The highest BCUT2D eigenvalue weighted by Gasteiger charge is 2.18. The van der Waals surface area contributed by atoms with Gasteiger partial charge in [-0.1, -0.05) is 41.9 Å². The van der Waals surface area contributed by atoms with E-state index in [-0.39, 0.29) is 11.4 Å². The first-order valence-corrected chi connectivity index (χ1v) is 10.1. The molecule has 1 aromatic heterocycles. The minimum Gasteiger partial charge on any atom is -0.496 e. The highest BCUT2D eigenvalue weighted by Crippen LogP contribution is 2.24. The van der Waals surface area contributed by atoms with Crippen LogP contribution >= 0.6 is 23.1 Å². The summed E-state index contributed by atoms with van der Waals surface area (Å²) in [6.07, 6.45) is 2.79. The minimum atomic E-state index is -0.364. The maximum Gasteiger partial charge on any atom is 0.282 e. The smallest absolute Gasteiger partial charge is 0.282 e. The molecule has 146 valence electrons. The van der Waals surface area contributed by atoms with Gasteiger partial charge < -0.3 is 4.74 Å². The molecule has 1 heterocycles. The van der Waals surface area contributed by atoms with E-state index >= 15 is 0 Å². The second kappa shape index (κ2) is 8.33. The number of nitrogens with zero attached hydrogens (tertiary/aromatic N) is 2. The maximum absolute atomic E-state index is 12.9. The molecular formula is C22H23ClN2O2S. The quantitative estimate of drug-likeness (QED) is 0.581. The second-order valence-corrected chi connectivity index (χ2v) is 8.87. The highest BCUT2D eigenvalue weighted by atomic mass is 35.5. The van der Waals surface area contributed by atoms with Crippen LogP contribution in [0.2, 0.25) is 5.02 Å². The molecule has 0 radical (unpaired) electrons. The van der Waals surface area contributed by atoms with Crippen LogP contribution in [0.4, 0.5) is 0 Å². The summed E-state index contributed by atoms with van der Waals surface area (Å²) in [5, 5.41) is 0.472. The summed E-state index contributed by atoms with van der Waals surface area (Å²) in [5.74, 6) is 0.0968. The van der Waals surface area contributed by atoms with Crippen LogP contribution in [0.5, 0.6) is 5.75 Å². The number of hydrogen-bond acceptors (Lipinski definition) is 3. The Bertz CT molecular complexity index is 1050. The van der Waals surface area contributed by atoms with E-state index in [1.807, 2.05) is 18.2 Å². The van der Waals surface area contributed by atoms with Crippen LogP contribution in [-0.2, 0) is 12.0 Å². The molecule has 0 fully saturated rings. The Morgan fingerprint density at radius 2 is 1.89 bits per heavy atom. The van der Waals surface area contributed by atoms with Crippen molar-refractivity contribution < 1.29 is 9.53 Å². The van der Waals surface area contributed by atoms with Crippen molar-refractivity contribution >= 4 is 29.0 Å². The summed E-state index contributed by atoms with van der Waals surface area (Å²) in [5.41, 5.74) is 2.45. The van der Waals surface area contributed by atoms with Gasteiger partial charge in [-0.05, 0) is 56.1 Å². The molecule has 0 bridgehead atoms. The zero-order chi connectivity index (χ0) is 20.3. The Morgan fingerprint density at radius 1 is 1.18 bits per heavy atom. The lowest BCUT2D eigenvalue weighted by molar-refractivity contribution is 0.0996. The molecule has 6 heteroatoms. The van der Waals surface area contributed by atoms with Gasteiger partial charge in [-0.3, -0.25) is 8.75 Å². The fraction of sp³-hybridized carbons (Fsp3) is 0.273. The van der Waals surface area contributed by atoms with Gasteiger partial charge in [0.25, 0.3) is 5.91 Å². The zero-order valence-electron chi connectivity index (χ0n) is 16.4. The van der Waals surface area contributed by atoms with E-state index in [4.69, 9.17) is 16.3 Å². The van der Waals surface area contributed by atoms with E-state index in [2.05, 4.69) is 48.0 Å². The van der Waals surface area contributed by atoms with Crippen molar-refractivity contribution in [3.8, 4) is 5.75 Å². The van der Waals surface area contributed by atoms with Gasteiger partial charge in [-0.25, -0.2) is 0 Å². The van der Waals surface area contributed by atoms with Crippen molar-refractivity contribution in [2.24, 2.45) is 4.99 Å². The first-order chi connectivity index (χ1) is 13.3. The van der Waals surface area contributed by atoms with Crippen LogP contribution in [0.1, 0.15) is 42.3 Å². The number of ether oxygens (including phenoxy) is 1.